The van der Waals surface area contributed by atoms with Crippen LogP contribution < -0.4 is 0 Å². The maximum absolute atomic E-state index is 11.3. The lowest BCUT2D eigenvalue weighted by molar-refractivity contribution is 0.0665. The number of ketones is 1. The van der Waals surface area contributed by atoms with Crippen molar-refractivity contribution in [1.29, 1.82) is 0 Å². The fraction of sp³-hybridized carbons (Fsp3) is 0.222. The van der Waals surface area contributed by atoms with Crippen molar-refractivity contribution in [3.05, 3.63) is 33.8 Å². The van der Waals surface area contributed by atoms with Gasteiger partial charge in [-0.2, -0.15) is 0 Å². The summed E-state index contributed by atoms with van der Waals surface area (Å²) in [7, 11) is 0. The zero-order valence-electron chi connectivity index (χ0n) is 6.34. The first-order valence-corrected chi connectivity index (χ1v) is 4.46. The highest BCUT2D eigenvalue weighted by Gasteiger charge is 2.16. The van der Waals surface area contributed by atoms with E-state index in [1.54, 1.807) is 0 Å². The molecular weight excluding hydrogens is 220 g/mol. The molecule has 0 bridgehead atoms. The SMILES string of the molecule is O=C1COCc2ccc(Br)cc21. The average Bonchev–Trinajstić information content (AvgIpc) is 2.07. The van der Waals surface area contributed by atoms with Crippen molar-refractivity contribution in [2.75, 3.05) is 6.61 Å². The molecule has 1 aromatic carbocycles. The zero-order valence-corrected chi connectivity index (χ0v) is 7.93. The van der Waals surface area contributed by atoms with Crippen molar-refractivity contribution in [1.82, 2.24) is 0 Å². The summed E-state index contributed by atoms with van der Waals surface area (Å²) in [6, 6.07) is 5.68. The van der Waals surface area contributed by atoms with Crippen LogP contribution in [-0.2, 0) is 11.3 Å². The quantitative estimate of drug-likeness (QED) is 0.678. The molecule has 12 heavy (non-hydrogen) atoms. The minimum Gasteiger partial charge on any atom is -0.369 e. The fourth-order valence-corrected chi connectivity index (χ4v) is 1.63. The topological polar surface area (TPSA) is 26.3 Å². The number of hydrogen-bond donors (Lipinski definition) is 0. The minimum atomic E-state index is 0.0672. The first-order valence-electron chi connectivity index (χ1n) is 3.67. The number of hydrogen-bond acceptors (Lipinski definition) is 2. The average molecular weight is 227 g/mol. The Labute approximate surface area is 78.7 Å². The molecule has 1 aromatic rings. The predicted octanol–water partition coefficient (Wildman–Crippen LogP) is 2.16. The van der Waals surface area contributed by atoms with E-state index in [2.05, 4.69) is 15.9 Å². The van der Waals surface area contributed by atoms with Gasteiger partial charge in [-0.25, -0.2) is 0 Å². The highest BCUT2D eigenvalue weighted by atomic mass is 79.9. The number of fused-ring (bicyclic) bond motifs is 1. The first kappa shape index (κ1) is 7.95. The Morgan fingerprint density at radius 1 is 1.33 bits per heavy atom. The summed E-state index contributed by atoms with van der Waals surface area (Å²) in [6.07, 6.45) is 0. The highest BCUT2D eigenvalue weighted by molar-refractivity contribution is 9.10. The van der Waals surface area contributed by atoms with E-state index in [1.165, 1.54) is 0 Å². The third-order valence-corrected chi connectivity index (χ3v) is 2.36. The molecule has 0 saturated carbocycles. The first-order chi connectivity index (χ1) is 5.77. The highest BCUT2D eigenvalue weighted by Crippen LogP contribution is 2.20. The number of carbonyl (C=O) groups is 1. The van der Waals surface area contributed by atoms with Gasteiger partial charge < -0.3 is 4.74 Å². The summed E-state index contributed by atoms with van der Waals surface area (Å²) in [6.45, 7) is 0.762. The summed E-state index contributed by atoms with van der Waals surface area (Å²) in [4.78, 5) is 11.3. The van der Waals surface area contributed by atoms with E-state index in [4.69, 9.17) is 4.74 Å². The molecule has 1 heterocycles. The zero-order chi connectivity index (χ0) is 8.55. The molecule has 0 aliphatic carbocycles. The summed E-state index contributed by atoms with van der Waals surface area (Å²) in [5.41, 5.74) is 1.77. The van der Waals surface area contributed by atoms with Crippen LogP contribution in [-0.4, -0.2) is 12.4 Å². The number of Topliss-reactive ketones (excluding diaryl/α,β-unsaturated/α-hetero) is 1. The van der Waals surface area contributed by atoms with Crippen molar-refractivity contribution in [3.8, 4) is 0 Å². The third-order valence-electron chi connectivity index (χ3n) is 1.86. The van der Waals surface area contributed by atoms with Crippen molar-refractivity contribution < 1.29 is 9.53 Å². The second-order valence-corrected chi connectivity index (χ2v) is 3.63. The summed E-state index contributed by atoms with van der Waals surface area (Å²) < 4.78 is 6.02. The van der Waals surface area contributed by atoms with Crippen molar-refractivity contribution in [2.45, 2.75) is 6.61 Å². The monoisotopic (exact) mass is 226 g/mol. The van der Waals surface area contributed by atoms with Crippen molar-refractivity contribution >= 4 is 21.7 Å². The molecule has 0 radical (unpaired) electrons. The van der Waals surface area contributed by atoms with Crippen LogP contribution in [0.15, 0.2) is 22.7 Å². The van der Waals surface area contributed by atoms with E-state index in [0.29, 0.717) is 6.61 Å². The molecule has 0 N–H and O–H groups in total. The van der Waals surface area contributed by atoms with Crippen LogP contribution >= 0.6 is 15.9 Å². The smallest absolute Gasteiger partial charge is 0.188 e. The predicted molar refractivity (Wildman–Crippen MR) is 48.1 cm³/mol. The lowest BCUT2D eigenvalue weighted by Gasteiger charge is -2.14. The van der Waals surface area contributed by atoms with Crippen LogP contribution in [0.4, 0.5) is 0 Å². The van der Waals surface area contributed by atoms with E-state index >= 15 is 0 Å². The molecule has 0 atom stereocenters. The molecule has 2 rings (SSSR count). The van der Waals surface area contributed by atoms with Crippen LogP contribution in [0.25, 0.3) is 0 Å². The molecule has 1 aliphatic heterocycles. The van der Waals surface area contributed by atoms with Gasteiger partial charge in [0.05, 0.1) is 6.61 Å². The second-order valence-electron chi connectivity index (χ2n) is 2.72. The Kier molecular flexibility index (Phi) is 1.98. The molecule has 0 amide bonds. The Bertz CT molecular complexity index is 333. The number of benzene rings is 1. The van der Waals surface area contributed by atoms with Gasteiger partial charge in [-0.05, 0) is 17.7 Å². The Balaban J connectivity index is 2.54. The Morgan fingerprint density at radius 3 is 3.00 bits per heavy atom. The maximum atomic E-state index is 11.3. The van der Waals surface area contributed by atoms with Crippen LogP contribution in [0.5, 0.6) is 0 Å². The van der Waals surface area contributed by atoms with Gasteiger partial charge >= 0.3 is 0 Å². The van der Waals surface area contributed by atoms with Gasteiger partial charge in [0.1, 0.15) is 6.61 Å². The largest absolute Gasteiger partial charge is 0.369 e. The number of halogens is 1. The van der Waals surface area contributed by atoms with Gasteiger partial charge in [-0.3, -0.25) is 4.79 Å². The lowest BCUT2D eigenvalue weighted by atomic mass is 10.0. The van der Waals surface area contributed by atoms with Gasteiger partial charge in [-0.15, -0.1) is 0 Å². The third kappa shape index (κ3) is 1.30. The van der Waals surface area contributed by atoms with Crippen LogP contribution in [0.2, 0.25) is 0 Å². The van der Waals surface area contributed by atoms with E-state index < -0.39 is 0 Å². The lowest BCUT2D eigenvalue weighted by Crippen LogP contribution is -2.17. The summed E-state index contributed by atoms with van der Waals surface area (Å²) in [5, 5.41) is 0. The molecule has 0 unspecified atom stereocenters. The minimum absolute atomic E-state index is 0.0672. The van der Waals surface area contributed by atoms with Crippen LogP contribution in [0.1, 0.15) is 15.9 Å². The van der Waals surface area contributed by atoms with Gasteiger partial charge in [0.15, 0.2) is 5.78 Å². The van der Waals surface area contributed by atoms with Crippen molar-refractivity contribution in [3.63, 3.8) is 0 Å². The molecule has 0 aromatic heterocycles. The maximum Gasteiger partial charge on any atom is 0.188 e. The Hall–Kier alpha value is -0.670. The summed E-state index contributed by atoms with van der Waals surface area (Å²) >= 11 is 3.32. The summed E-state index contributed by atoms with van der Waals surface area (Å²) in [5.74, 6) is 0.0672. The molecule has 0 fully saturated rings. The van der Waals surface area contributed by atoms with E-state index in [-0.39, 0.29) is 12.4 Å². The fourth-order valence-electron chi connectivity index (χ4n) is 1.27. The van der Waals surface area contributed by atoms with Gasteiger partial charge in [0.2, 0.25) is 0 Å². The number of carbonyl (C=O) groups excluding carboxylic acids is 1. The number of ether oxygens (including phenoxy) is 1. The van der Waals surface area contributed by atoms with E-state index in [0.717, 1.165) is 15.6 Å². The Morgan fingerprint density at radius 2 is 2.17 bits per heavy atom. The van der Waals surface area contributed by atoms with Gasteiger partial charge in [0, 0.05) is 10.0 Å². The molecule has 0 spiro atoms. The molecular formula is C9H7BrO2. The molecule has 2 nitrogen and oxygen atoms in total. The second kappa shape index (κ2) is 2.99. The molecule has 1 aliphatic rings. The van der Waals surface area contributed by atoms with Crippen LogP contribution in [0.3, 0.4) is 0 Å². The molecule has 62 valence electrons. The van der Waals surface area contributed by atoms with Crippen molar-refractivity contribution in [2.24, 2.45) is 0 Å². The standard InChI is InChI=1S/C9H7BrO2/c10-7-2-1-6-4-12-5-9(11)8(6)3-7/h1-3H,4-5H2. The number of rotatable bonds is 0. The van der Waals surface area contributed by atoms with Crippen LogP contribution in [0, 0.1) is 0 Å². The van der Waals surface area contributed by atoms with E-state index in [9.17, 15) is 4.79 Å². The molecule has 0 saturated heterocycles. The van der Waals surface area contributed by atoms with Gasteiger partial charge in [-0.1, -0.05) is 22.0 Å². The van der Waals surface area contributed by atoms with E-state index in [1.807, 2.05) is 18.2 Å². The van der Waals surface area contributed by atoms with Gasteiger partial charge in [0.25, 0.3) is 0 Å². The normalized spacial score (nSPS) is 15.9. The molecule has 3 heteroatoms.